The fraction of sp³-hybridized carbons (Fsp3) is 0.412. The summed E-state index contributed by atoms with van der Waals surface area (Å²) in [5.74, 6) is -3.51. The third-order valence-electron chi connectivity index (χ3n) is 3.75. The largest absolute Gasteiger partial charge is 0.480 e. The van der Waals surface area contributed by atoms with Gasteiger partial charge in [-0.3, -0.25) is 14.4 Å². The van der Waals surface area contributed by atoms with Crippen molar-refractivity contribution in [2.75, 3.05) is 6.61 Å². The molecule has 148 valence electrons. The minimum absolute atomic E-state index is 0.0211. The number of carbonyl (C=O) groups excluding carboxylic acids is 3. The molecule has 3 unspecified atom stereocenters. The molecule has 10 heteroatoms. The zero-order valence-electron chi connectivity index (χ0n) is 14.6. The van der Waals surface area contributed by atoms with Gasteiger partial charge in [0.1, 0.15) is 12.1 Å². The fourth-order valence-corrected chi connectivity index (χ4v) is 2.22. The number of amides is 3. The van der Waals surface area contributed by atoms with E-state index < -0.39 is 48.4 Å². The molecule has 8 N–H and O–H groups in total. The molecule has 1 aromatic carbocycles. The Hall–Kier alpha value is -2.98. The van der Waals surface area contributed by atoms with Gasteiger partial charge in [-0.15, -0.1) is 0 Å². The highest BCUT2D eigenvalue weighted by Crippen LogP contribution is 2.04. The first-order valence-electron chi connectivity index (χ1n) is 8.26. The van der Waals surface area contributed by atoms with E-state index in [1.165, 1.54) is 0 Å². The number of aliphatic carboxylic acids is 1. The number of aliphatic hydroxyl groups is 1. The lowest BCUT2D eigenvalue weighted by molar-refractivity contribution is -0.142. The summed E-state index contributed by atoms with van der Waals surface area (Å²) >= 11 is 0. The fourth-order valence-electron chi connectivity index (χ4n) is 2.22. The highest BCUT2D eigenvalue weighted by molar-refractivity contribution is 5.92. The maximum Gasteiger partial charge on any atom is 0.326 e. The average Bonchev–Trinajstić information content (AvgIpc) is 2.63. The monoisotopic (exact) mass is 380 g/mol. The molecule has 1 rings (SSSR count). The zero-order chi connectivity index (χ0) is 20.4. The van der Waals surface area contributed by atoms with Crippen LogP contribution in [0.25, 0.3) is 0 Å². The van der Waals surface area contributed by atoms with Crippen LogP contribution < -0.4 is 22.1 Å². The van der Waals surface area contributed by atoms with Gasteiger partial charge < -0.3 is 32.3 Å². The molecule has 0 spiro atoms. The molecule has 0 aliphatic carbocycles. The van der Waals surface area contributed by atoms with Gasteiger partial charge in [0.05, 0.1) is 12.6 Å². The number of rotatable bonds is 11. The maximum absolute atomic E-state index is 12.2. The highest BCUT2D eigenvalue weighted by atomic mass is 16.4. The number of carbonyl (C=O) groups is 4. The van der Waals surface area contributed by atoms with Crippen LogP contribution in [0.5, 0.6) is 0 Å². The Kier molecular flexibility index (Phi) is 8.90. The van der Waals surface area contributed by atoms with Crippen LogP contribution in [-0.4, -0.2) is 58.6 Å². The second-order valence-corrected chi connectivity index (χ2v) is 5.94. The number of nitrogens with one attached hydrogen (secondary N) is 2. The highest BCUT2D eigenvalue weighted by Gasteiger charge is 2.27. The summed E-state index contributed by atoms with van der Waals surface area (Å²) in [4.78, 5) is 46.3. The molecule has 0 radical (unpaired) electrons. The number of nitrogens with two attached hydrogens (primary N) is 2. The van der Waals surface area contributed by atoms with Crippen LogP contribution in [0.15, 0.2) is 30.3 Å². The molecule has 0 saturated heterocycles. The first-order valence-corrected chi connectivity index (χ1v) is 8.26. The molecule has 0 saturated carbocycles. The number of primary amides is 1. The van der Waals surface area contributed by atoms with Crippen molar-refractivity contribution in [3.05, 3.63) is 35.9 Å². The lowest BCUT2D eigenvalue weighted by Crippen LogP contribution is -2.56. The van der Waals surface area contributed by atoms with Gasteiger partial charge in [-0.25, -0.2) is 4.79 Å². The van der Waals surface area contributed by atoms with Crippen molar-refractivity contribution in [1.29, 1.82) is 0 Å². The van der Waals surface area contributed by atoms with E-state index >= 15 is 0 Å². The molecule has 0 aliphatic heterocycles. The minimum atomic E-state index is -1.38. The molecule has 10 nitrogen and oxygen atoms in total. The molecule has 0 aliphatic rings. The smallest absolute Gasteiger partial charge is 0.326 e. The van der Waals surface area contributed by atoms with Crippen LogP contribution in [-0.2, 0) is 25.6 Å². The molecule has 3 amide bonds. The summed E-state index contributed by atoms with van der Waals surface area (Å²) in [7, 11) is 0. The summed E-state index contributed by atoms with van der Waals surface area (Å²) in [6.07, 6.45) is -0.0957. The second kappa shape index (κ2) is 10.9. The van der Waals surface area contributed by atoms with Gasteiger partial charge in [-0.1, -0.05) is 30.3 Å². The Labute approximate surface area is 155 Å². The molecule has 3 atom stereocenters. The number of aliphatic hydroxyl groups excluding tert-OH is 1. The Balaban J connectivity index is 2.67. The van der Waals surface area contributed by atoms with Crippen LogP contribution in [0.2, 0.25) is 0 Å². The van der Waals surface area contributed by atoms with Gasteiger partial charge in [0.2, 0.25) is 17.7 Å². The van der Waals surface area contributed by atoms with Gasteiger partial charge in [0.25, 0.3) is 0 Å². The zero-order valence-corrected chi connectivity index (χ0v) is 14.6. The first-order chi connectivity index (χ1) is 12.7. The molecule has 0 bridgehead atoms. The van der Waals surface area contributed by atoms with E-state index in [4.69, 9.17) is 11.5 Å². The molecule has 1 aromatic rings. The van der Waals surface area contributed by atoms with E-state index in [0.717, 1.165) is 0 Å². The number of carboxylic acids is 1. The molecular weight excluding hydrogens is 356 g/mol. The van der Waals surface area contributed by atoms with Crippen molar-refractivity contribution in [3.63, 3.8) is 0 Å². The van der Waals surface area contributed by atoms with Crippen LogP contribution in [0.3, 0.4) is 0 Å². The number of hydrogen-bond acceptors (Lipinski definition) is 6. The second-order valence-electron chi connectivity index (χ2n) is 5.94. The third-order valence-corrected chi connectivity index (χ3v) is 3.75. The predicted molar refractivity (Wildman–Crippen MR) is 95.1 cm³/mol. The predicted octanol–water partition coefficient (Wildman–Crippen LogP) is -2.13. The van der Waals surface area contributed by atoms with Crippen molar-refractivity contribution < 1.29 is 29.4 Å². The van der Waals surface area contributed by atoms with E-state index in [0.29, 0.717) is 5.56 Å². The summed E-state index contributed by atoms with van der Waals surface area (Å²) in [5.41, 5.74) is 11.3. The molecule has 0 heterocycles. The first kappa shape index (κ1) is 22.1. The quantitative estimate of drug-likeness (QED) is 0.253. The average molecular weight is 380 g/mol. The topological polar surface area (TPSA) is 185 Å². The van der Waals surface area contributed by atoms with Crippen molar-refractivity contribution in [1.82, 2.24) is 10.6 Å². The summed E-state index contributed by atoms with van der Waals surface area (Å²) in [5, 5.41) is 23.2. The van der Waals surface area contributed by atoms with Crippen molar-refractivity contribution in [2.24, 2.45) is 11.5 Å². The van der Waals surface area contributed by atoms with Crippen molar-refractivity contribution >= 4 is 23.7 Å². The van der Waals surface area contributed by atoms with Gasteiger partial charge in [-0.2, -0.15) is 0 Å². The Morgan fingerprint density at radius 2 is 1.59 bits per heavy atom. The van der Waals surface area contributed by atoms with E-state index in [2.05, 4.69) is 10.6 Å². The third kappa shape index (κ3) is 7.84. The number of hydrogen-bond donors (Lipinski definition) is 6. The molecular formula is C17H24N4O6. The van der Waals surface area contributed by atoms with Crippen LogP contribution in [0.4, 0.5) is 0 Å². The van der Waals surface area contributed by atoms with Crippen molar-refractivity contribution in [2.45, 2.75) is 37.4 Å². The lowest BCUT2D eigenvalue weighted by Gasteiger charge is -2.21. The summed E-state index contributed by atoms with van der Waals surface area (Å²) in [6.45, 7) is -0.752. The maximum atomic E-state index is 12.2. The van der Waals surface area contributed by atoms with Gasteiger partial charge in [0, 0.05) is 12.8 Å². The minimum Gasteiger partial charge on any atom is -0.480 e. The Morgan fingerprint density at radius 1 is 1.00 bits per heavy atom. The van der Waals surface area contributed by atoms with E-state index in [1.54, 1.807) is 30.3 Å². The van der Waals surface area contributed by atoms with Crippen LogP contribution in [0, 0.1) is 0 Å². The van der Waals surface area contributed by atoms with Gasteiger partial charge in [-0.05, 0) is 12.0 Å². The number of benzene rings is 1. The van der Waals surface area contributed by atoms with E-state index in [9.17, 15) is 29.4 Å². The number of carboxylic acid groups (broad SMARTS) is 1. The Morgan fingerprint density at radius 3 is 2.11 bits per heavy atom. The standard InChI is InChI=1S/C17H24N4O6/c18-11(6-7-14(19)23)15(24)21-13(9-22)16(25)20-12(17(26)27)8-10-4-2-1-3-5-10/h1-5,11-13,22H,6-9,18H2,(H2,19,23)(H,20,25)(H,21,24)(H,26,27). The van der Waals surface area contributed by atoms with Crippen molar-refractivity contribution in [3.8, 4) is 0 Å². The van der Waals surface area contributed by atoms with Gasteiger partial charge in [0.15, 0.2) is 0 Å². The van der Waals surface area contributed by atoms with E-state index in [1.807, 2.05) is 0 Å². The molecule has 0 aromatic heterocycles. The Bertz CT molecular complexity index is 667. The molecule has 27 heavy (non-hydrogen) atoms. The lowest BCUT2D eigenvalue weighted by atomic mass is 10.1. The normalized spacial score (nSPS) is 13.9. The van der Waals surface area contributed by atoms with Crippen LogP contribution in [0.1, 0.15) is 18.4 Å². The summed E-state index contributed by atoms with van der Waals surface area (Å²) in [6, 6.07) is 4.95. The van der Waals surface area contributed by atoms with E-state index in [-0.39, 0.29) is 19.3 Å². The SMILES string of the molecule is NC(=O)CCC(N)C(=O)NC(CO)C(=O)NC(Cc1ccccc1)C(=O)O. The molecule has 0 fully saturated rings. The van der Waals surface area contributed by atoms with Crippen LogP contribution >= 0.6 is 0 Å². The van der Waals surface area contributed by atoms with Gasteiger partial charge >= 0.3 is 5.97 Å². The summed E-state index contributed by atoms with van der Waals surface area (Å²) < 4.78 is 0.